The molecule has 2 heteroatoms. The molecular weight excluding hydrogens is 406 g/mol. The minimum absolute atomic E-state index is 0.949. The van der Waals surface area contributed by atoms with Crippen molar-refractivity contribution >= 4 is 27.3 Å². The topological polar surface area (TPSA) is 3.24 Å². The highest BCUT2D eigenvalue weighted by Gasteiger charge is 2.15. The van der Waals surface area contributed by atoms with Gasteiger partial charge in [0.1, 0.15) is 0 Å². The molecule has 0 spiro atoms. The van der Waals surface area contributed by atoms with E-state index < -0.39 is 0 Å². The van der Waals surface area contributed by atoms with Crippen molar-refractivity contribution in [2.75, 3.05) is 4.90 Å². The molecule has 0 amide bonds. The maximum atomic E-state index is 4.40. The van der Waals surface area contributed by atoms with Gasteiger partial charge in [0.05, 0.1) is 0 Å². The zero-order valence-corrected chi connectivity index (χ0v) is 17.9. The Labute approximate surface area is 176 Å². The third kappa shape index (κ3) is 4.35. The Hall–Kier alpha value is -2.84. The minimum Gasteiger partial charge on any atom is -0.314 e. The van der Waals surface area contributed by atoms with Gasteiger partial charge < -0.3 is 4.90 Å². The van der Waals surface area contributed by atoms with E-state index >= 15 is 0 Å². The van der Waals surface area contributed by atoms with Crippen LogP contribution in [0.5, 0.6) is 0 Å². The van der Waals surface area contributed by atoms with Crippen molar-refractivity contribution in [2.24, 2.45) is 0 Å². The number of halogens is 1. The molecule has 3 aromatic carbocycles. The van der Waals surface area contributed by atoms with Crippen molar-refractivity contribution in [3.8, 4) is 11.1 Å². The van der Waals surface area contributed by atoms with Gasteiger partial charge in [0.25, 0.3) is 0 Å². The van der Waals surface area contributed by atoms with Crippen molar-refractivity contribution in [3.63, 3.8) is 0 Å². The van der Waals surface area contributed by atoms with Crippen molar-refractivity contribution in [3.05, 3.63) is 119 Å². The number of hydrogen-bond acceptors (Lipinski definition) is 1. The summed E-state index contributed by atoms with van der Waals surface area (Å²) in [6.07, 6.45) is 3.82. The zero-order chi connectivity index (χ0) is 20.1. The van der Waals surface area contributed by atoms with Gasteiger partial charge in [0, 0.05) is 27.1 Å². The molecule has 0 radical (unpaired) electrons. The first kappa shape index (κ1) is 19.9. The molecule has 0 saturated carbocycles. The molecule has 0 bridgehead atoms. The highest BCUT2D eigenvalue weighted by atomic mass is 79.9. The third-order valence-corrected chi connectivity index (χ3v) is 5.27. The van der Waals surface area contributed by atoms with Crippen LogP contribution in [0.15, 0.2) is 108 Å². The van der Waals surface area contributed by atoms with Crippen LogP contribution in [0.25, 0.3) is 16.8 Å². The monoisotopic (exact) mass is 429 g/mol. The van der Waals surface area contributed by atoms with E-state index in [4.69, 9.17) is 0 Å². The van der Waals surface area contributed by atoms with Crippen LogP contribution in [0.2, 0.25) is 0 Å². The largest absolute Gasteiger partial charge is 0.314 e. The van der Waals surface area contributed by atoms with Crippen LogP contribution in [0.1, 0.15) is 18.1 Å². The molecule has 0 aromatic heterocycles. The highest BCUT2D eigenvalue weighted by Crippen LogP contribution is 2.32. The van der Waals surface area contributed by atoms with E-state index in [2.05, 4.69) is 121 Å². The SMILES string of the molecule is C=C/C=C(\C)N(C(=C)c1ccccc1C)c1ccc(-c2ccc(Br)cc2)cc1. The fraction of sp³-hybridized carbons (Fsp3) is 0.0769. The molecule has 0 aliphatic carbocycles. The van der Waals surface area contributed by atoms with Gasteiger partial charge in [0.15, 0.2) is 0 Å². The summed E-state index contributed by atoms with van der Waals surface area (Å²) in [5, 5.41) is 0. The number of rotatable bonds is 6. The lowest BCUT2D eigenvalue weighted by molar-refractivity contribution is 1.16. The molecule has 0 aliphatic rings. The average molecular weight is 430 g/mol. The van der Waals surface area contributed by atoms with E-state index in [9.17, 15) is 0 Å². The van der Waals surface area contributed by atoms with Gasteiger partial charge in [-0.1, -0.05) is 83.7 Å². The standard InChI is InChI=1S/C26H24BrN/c1-5-8-20(3)28(21(4)26-10-7-6-9-19(26)2)25-17-13-23(14-18-25)22-11-15-24(27)16-12-22/h5-18H,1,4H2,2-3H3/b20-8+. The summed E-state index contributed by atoms with van der Waals surface area (Å²) in [6, 6.07) is 25.3. The molecule has 0 atom stereocenters. The van der Waals surface area contributed by atoms with Gasteiger partial charge in [-0.15, -0.1) is 0 Å². The fourth-order valence-electron chi connectivity index (χ4n) is 3.28. The first-order chi connectivity index (χ1) is 13.5. The van der Waals surface area contributed by atoms with Crippen molar-refractivity contribution in [2.45, 2.75) is 13.8 Å². The lowest BCUT2D eigenvalue weighted by atomic mass is 10.0. The predicted molar refractivity (Wildman–Crippen MR) is 126 cm³/mol. The van der Waals surface area contributed by atoms with Crippen LogP contribution >= 0.6 is 15.9 Å². The zero-order valence-electron chi connectivity index (χ0n) is 16.3. The third-order valence-electron chi connectivity index (χ3n) is 4.74. The predicted octanol–water partition coefficient (Wildman–Crippen LogP) is 7.99. The van der Waals surface area contributed by atoms with Gasteiger partial charge in [-0.3, -0.25) is 0 Å². The summed E-state index contributed by atoms with van der Waals surface area (Å²) >= 11 is 3.49. The molecule has 1 nitrogen and oxygen atoms in total. The van der Waals surface area contributed by atoms with Crippen LogP contribution in [0, 0.1) is 6.92 Å². The number of anilines is 1. The van der Waals surface area contributed by atoms with Crippen LogP contribution < -0.4 is 4.90 Å². The minimum atomic E-state index is 0.949. The second-order valence-electron chi connectivity index (χ2n) is 6.69. The summed E-state index contributed by atoms with van der Waals surface area (Å²) in [6.45, 7) is 12.4. The van der Waals surface area contributed by atoms with Gasteiger partial charge in [-0.25, -0.2) is 0 Å². The molecule has 0 aliphatic heterocycles. The van der Waals surface area contributed by atoms with E-state index in [-0.39, 0.29) is 0 Å². The molecular formula is C26H24BrN. The molecule has 28 heavy (non-hydrogen) atoms. The molecule has 3 aromatic rings. The lowest BCUT2D eigenvalue weighted by Gasteiger charge is -2.29. The highest BCUT2D eigenvalue weighted by molar-refractivity contribution is 9.10. The Kier molecular flexibility index (Phi) is 6.33. The Balaban J connectivity index is 2.00. The van der Waals surface area contributed by atoms with Gasteiger partial charge in [-0.05, 0) is 60.9 Å². The van der Waals surface area contributed by atoms with Crippen LogP contribution in [-0.2, 0) is 0 Å². The molecule has 0 heterocycles. The maximum absolute atomic E-state index is 4.40. The number of benzene rings is 3. The molecule has 3 rings (SSSR count). The lowest BCUT2D eigenvalue weighted by Crippen LogP contribution is -2.19. The Morgan fingerprint density at radius 2 is 1.46 bits per heavy atom. The molecule has 0 N–H and O–H groups in total. The van der Waals surface area contributed by atoms with E-state index in [0.29, 0.717) is 0 Å². The summed E-state index contributed by atoms with van der Waals surface area (Å²) in [7, 11) is 0. The number of hydrogen-bond donors (Lipinski definition) is 0. The number of nitrogens with zero attached hydrogens (tertiary/aromatic N) is 1. The first-order valence-electron chi connectivity index (χ1n) is 9.21. The Morgan fingerprint density at radius 1 is 0.893 bits per heavy atom. The van der Waals surface area contributed by atoms with Crippen LogP contribution in [0.4, 0.5) is 5.69 Å². The summed E-state index contributed by atoms with van der Waals surface area (Å²) in [4.78, 5) is 2.18. The van der Waals surface area contributed by atoms with Gasteiger partial charge >= 0.3 is 0 Å². The van der Waals surface area contributed by atoms with E-state index in [0.717, 1.165) is 27.1 Å². The quantitative estimate of drug-likeness (QED) is 0.358. The second kappa shape index (κ2) is 8.90. The summed E-state index contributed by atoms with van der Waals surface area (Å²) in [5.41, 5.74) is 7.81. The van der Waals surface area contributed by atoms with Crippen molar-refractivity contribution < 1.29 is 0 Å². The first-order valence-corrected chi connectivity index (χ1v) is 10.0. The molecule has 0 saturated heterocycles. The second-order valence-corrected chi connectivity index (χ2v) is 7.61. The molecule has 0 fully saturated rings. The normalized spacial score (nSPS) is 11.2. The average Bonchev–Trinajstić information content (AvgIpc) is 2.70. The van der Waals surface area contributed by atoms with E-state index in [1.165, 1.54) is 16.7 Å². The van der Waals surface area contributed by atoms with E-state index in [1.807, 2.05) is 12.2 Å². The Bertz CT molecular complexity index is 1010. The fourth-order valence-corrected chi connectivity index (χ4v) is 3.54. The van der Waals surface area contributed by atoms with Gasteiger partial charge in [0.2, 0.25) is 0 Å². The Morgan fingerprint density at radius 3 is 2.04 bits per heavy atom. The summed E-state index contributed by atoms with van der Waals surface area (Å²) < 4.78 is 1.08. The maximum Gasteiger partial charge on any atom is 0.0461 e. The number of aryl methyl sites for hydroxylation is 1. The molecule has 140 valence electrons. The molecule has 0 unspecified atom stereocenters. The summed E-state index contributed by atoms with van der Waals surface area (Å²) in [5.74, 6) is 0. The van der Waals surface area contributed by atoms with Crippen molar-refractivity contribution in [1.82, 2.24) is 0 Å². The number of allylic oxidation sites excluding steroid dienone is 3. The van der Waals surface area contributed by atoms with Crippen LogP contribution in [0.3, 0.4) is 0 Å². The van der Waals surface area contributed by atoms with Crippen LogP contribution in [-0.4, -0.2) is 0 Å². The van der Waals surface area contributed by atoms with Crippen molar-refractivity contribution in [1.29, 1.82) is 0 Å². The smallest absolute Gasteiger partial charge is 0.0461 e. The van der Waals surface area contributed by atoms with Gasteiger partial charge in [-0.2, -0.15) is 0 Å². The van der Waals surface area contributed by atoms with E-state index in [1.54, 1.807) is 0 Å².